The molecule has 1 saturated heterocycles. The lowest BCUT2D eigenvalue weighted by atomic mass is 9.75. The van der Waals surface area contributed by atoms with Crippen LogP contribution in [0.2, 0.25) is 0 Å². The topological polar surface area (TPSA) is 46.1 Å². The molecule has 1 aliphatic carbocycles. The number of rotatable bonds is 3. The first-order valence-corrected chi connectivity index (χ1v) is 10.3. The first kappa shape index (κ1) is 15.4. The number of likely N-dealkylation sites (tertiary alicyclic amines) is 1. The second kappa shape index (κ2) is 6.77. The van der Waals surface area contributed by atoms with E-state index in [-0.39, 0.29) is 5.91 Å². The molecule has 4 nitrogen and oxygen atoms in total. The molecule has 6 heteroatoms. The largest absolute Gasteiger partial charge is 0.342 e. The maximum absolute atomic E-state index is 12.6. The van der Waals surface area contributed by atoms with Gasteiger partial charge in [0, 0.05) is 18.5 Å². The van der Waals surface area contributed by atoms with Gasteiger partial charge in [0.1, 0.15) is 16.2 Å². The van der Waals surface area contributed by atoms with Gasteiger partial charge in [0.25, 0.3) is 0 Å². The van der Waals surface area contributed by atoms with Gasteiger partial charge < -0.3 is 4.90 Å². The number of thioether (sulfide) groups is 1. The quantitative estimate of drug-likeness (QED) is 0.625. The van der Waals surface area contributed by atoms with E-state index in [9.17, 15) is 4.79 Å². The second-order valence-electron chi connectivity index (χ2n) is 6.54. The molecule has 0 aromatic carbocycles. The van der Waals surface area contributed by atoms with Crippen molar-refractivity contribution in [3.8, 4) is 0 Å². The molecule has 1 aliphatic heterocycles. The monoisotopic (exact) mass is 347 g/mol. The number of hydrogen-bond acceptors (Lipinski definition) is 5. The van der Waals surface area contributed by atoms with E-state index in [0.717, 1.165) is 40.2 Å². The Kier molecular flexibility index (Phi) is 4.53. The Balaban J connectivity index is 1.37. The number of amides is 1. The van der Waals surface area contributed by atoms with Crippen LogP contribution in [0.3, 0.4) is 0 Å². The van der Waals surface area contributed by atoms with E-state index in [1.165, 1.54) is 32.1 Å². The van der Waals surface area contributed by atoms with Crippen molar-refractivity contribution in [1.82, 2.24) is 14.9 Å². The molecule has 2 fully saturated rings. The lowest BCUT2D eigenvalue weighted by molar-refractivity contribution is -0.131. The minimum Gasteiger partial charge on any atom is -0.342 e. The van der Waals surface area contributed by atoms with Gasteiger partial charge in [-0.05, 0) is 36.1 Å². The summed E-state index contributed by atoms with van der Waals surface area (Å²) in [6, 6.07) is 2.04. The first-order valence-electron chi connectivity index (χ1n) is 8.40. The minimum absolute atomic E-state index is 0.265. The lowest BCUT2D eigenvalue weighted by Gasteiger charge is -2.41. The number of nitrogens with zero attached hydrogens (tertiary/aromatic N) is 3. The number of carbonyl (C=O) groups is 1. The molecule has 0 spiro atoms. The maximum atomic E-state index is 12.6. The third-order valence-electron chi connectivity index (χ3n) is 5.20. The van der Waals surface area contributed by atoms with Crippen LogP contribution in [0.4, 0.5) is 0 Å². The Hall–Kier alpha value is -1.14. The molecule has 2 aromatic rings. The van der Waals surface area contributed by atoms with Gasteiger partial charge in [-0.1, -0.05) is 31.0 Å². The van der Waals surface area contributed by atoms with Crippen molar-refractivity contribution in [2.75, 3.05) is 18.8 Å². The molecule has 122 valence electrons. The molecule has 1 amide bonds. The van der Waals surface area contributed by atoms with Crippen molar-refractivity contribution in [3.05, 3.63) is 17.8 Å². The van der Waals surface area contributed by atoms with E-state index in [2.05, 4.69) is 14.9 Å². The molecule has 2 aromatic heterocycles. The molecule has 2 aliphatic rings. The van der Waals surface area contributed by atoms with E-state index in [0.29, 0.717) is 5.75 Å². The Labute approximate surface area is 144 Å². The standard InChI is InChI=1S/C17H21N3OS2/c21-15(20-7-5-12-3-1-2-4-13(12)9-20)10-23-17-14-6-8-22-16(14)18-11-19-17/h6,8,11-13H,1-5,7,9-10H2/t12-,13+/m1/s1. The van der Waals surface area contributed by atoms with Gasteiger partial charge in [0.05, 0.1) is 5.75 Å². The van der Waals surface area contributed by atoms with Crippen LogP contribution in [0.1, 0.15) is 32.1 Å². The Morgan fingerprint density at radius 2 is 2.13 bits per heavy atom. The summed E-state index contributed by atoms with van der Waals surface area (Å²) < 4.78 is 0. The van der Waals surface area contributed by atoms with E-state index in [4.69, 9.17) is 0 Å². The van der Waals surface area contributed by atoms with Crippen molar-refractivity contribution in [2.45, 2.75) is 37.1 Å². The van der Waals surface area contributed by atoms with E-state index in [1.54, 1.807) is 29.4 Å². The van der Waals surface area contributed by atoms with Crippen molar-refractivity contribution in [1.29, 1.82) is 0 Å². The molecular weight excluding hydrogens is 326 g/mol. The van der Waals surface area contributed by atoms with Crippen LogP contribution in [0.5, 0.6) is 0 Å². The highest BCUT2D eigenvalue weighted by Gasteiger charge is 2.32. The van der Waals surface area contributed by atoms with Crippen LogP contribution in [0.15, 0.2) is 22.8 Å². The van der Waals surface area contributed by atoms with E-state index >= 15 is 0 Å². The van der Waals surface area contributed by atoms with Gasteiger partial charge in [-0.25, -0.2) is 9.97 Å². The van der Waals surface area contributed by atoms with Crippen molar-refractivity contribution in [3.63, 3.8) is 0 Å². The lowest BCUT2D eigenvalue weighted by Crippen LogP contribution is -2.45. The highest BCUT2D eigenvalue weighted by Crippen LogP contribution is 2.36. The zero-order chi connectivity index (χ0) is 15.6. The molecule has 0 unspecified atom stereocenters. The molecule has 0 radical (unpaired) electrons. The summed E-state index contributed by atoms with van der Waals surface area (Å²) in [6.45, 7) is 1.92. The molecular formula is C17H21N3OS2. The molecule has 1 saturated carbocycles. The fraction of sp³-hybridized carbons (Fsp3) is 0.588. The highest BCUT2D eigenvalue weighted by molar-refractivity contribution is 8.00. The summed E-state index contributed by atoms with van der Waals surface area (Å²) in [4.78, 5) is 24.3. The zero-order valence-corrected chi connectivity index (χ0v) is 14.7. The van der Waals surface area contributed by atoms with Gasteiger partial charge in [-0.15, -0.1) is 11.3 Å². The number of fused-ring (bicyclic) bond motifs is 2. The van der Waals surface area contributed by atoms with Crippen LogP contribution < -0.4 is 0 Å². The Morgan fingerprint density at radius 3 is 3.04 bits per heavy atom. The maximum Gasteiger partial charge on any atom is 0.232 e. The number of aromatic nitrogens is 2. The average molecular weight is 348 g/mol. The third-order valence-corrected chi connectivity index (χ3v) is 7.01. The van der Waals surface area contributed by atoms with Gasteiger partial charge in [-0.3, -0.25) is 4.79 Å². The first-order chi connectivity index (χ1) is 11.3. The normalized spacial score (nSPS) is 24.6. The van der Waals surface area contributed by atoms with E-state index < -0.39 is 0 Å². The van der Waals surface area contributed by atoms with Crippen molar-refractivity contribution in [2.24, 2.45) is 11.8 Å². The summed E-state index contributed by atoms with van der Waals surface area (Å²) in [7, 11) is 0. The predicted octanol–water partition coefficient (Wildman–Crippen LogP) is 3.82. The summed E-state index contributed by atoms with van der Waals surface area (Å²) in [6.07, 6.45) is 8.20. The van der Waals surface area contributed by atoms with Gasteiger partial charge in [0.2, 0.25) is 5.91 Å². The summed E-state index contributed by atoms with van der Waals surface area (Å²) in [5.74, 6) is 2.36. The Morgan fingerprint density at radius 1 is 1.26 bits per heavy atom. The molecule has 0 N–H and O–H groups in total. The summed E-state index contributed by atoms with van der Waals surface area (Å²) in [5, 5.41) is 4.03. The molecule has 3 heterocycles. The van der Waals surface area contributed by atoms with Gasteiger partial charge in [0.15, 0.2) is 0 Å². The average Bonchev–Trinajstić information content (AvgIpc) is 3.08. The number of piperidine rings is 1. The van der Waals surface area contributed by atoms with Crippen LogP contribution in [0.25, 0.3) is 10.2 Å². The SMILES string of the molecule is O=C(CSc1ncnc2sccc12)N1CC[C@H]2CCCC[C@H]2C1. The molecule has 2 atom stereocenters. The summed E-state index contributed by atoms with van der Waals surface area (Å²) >= 11 is 3.17. The molecule has 4 rings (SSSR count). The van der Waals surface area contributed by atoms with Crippen molar-refractivity contribution >= 4 is 39.2 Å². The number of carbonyl (C=O) groups excluding carboxylic acids is 1. The van der Waals surface area contributed by atoms with Gasteiger partial charge >= 0.3 is 0 Å². The second-order valence-corrected chi connectivity index (χ2v) is 8.40. The number of thiophene rings is 1. The Bertz CT molecular complexity index is 702. The predicted molar refractivity (Wildman–Crippen MR) is 94.8 cm³/mol. The van der Waals surface area contributed by atoms with Crippen LogP contribution in [-0.2, 0) is 4.79 Å². The summed E-state index contributed by atoms with van der Waals surface area (Å²) in [5.41, 5.74) is 0. The van der Waals surface area contributed by atoms with Crippen molar-refractivity contribution < 1.29 is 4.79 Å². The van der Waals surface area contributed by atoms with Gasteiger partial charge in [-0.2, -0.15) is 0 Å². The van der Waals surface area contributed by atoms with E-state index in [1.807, 2.05) is 11.4 Å². The number of hydrogen-bond donors (Lipinski definition) is 0. The van der Waals surface area contributed by atoms with Crippen LogP contribution in [0, 0.1) is 11.8 Å². The minimum atomic E-state index is 0.265. The van der Waals surface area contributed by atoms with Crippen LogP contribution in [-0.4, -0.2) is 39.6 Å². The molecule has 23 heavy (non-hydrogen) atoms. The zero-order valence-electron chi connectivity index (χ0n) is 13.1. The highest BCUT2D eigenvalue weighted by atomic mass is 32.2. The fourth-order valence-corrected chi connectivity index (χ4v) is 5.61. The van der Waals surface area contributed by atoms with Crippen LogP contribution >= 0.6 is 23.1 Å². The third kappa shape index (κ3) is 3.24. The smallest absolute Gasteiger partial charge is 0.232 e. The molecule has 0 bridgehead atoms. The fourth-order valence-electron chi connectivity index (χ4n) is 3.93.